The molecule has 0 saturated heterocycles. The topological polar surface area (TPSA) is 26.3 Å². The summed E-state index contributed by atoms with van der Waals surface area (Å²) in [6.07, 6.45) is 4.24. The summed E-state index contributed by atoms with van der Waals surface area (Å²) in [4.78, 5) is 11.5. The third kappa shape index (κ3) is 1.14. The summed E-state index contributed by atoms with van der Waals surface area (Å²) >= 11 is 0. The lowest BCUT2D eigenvalue weighted by Crippen LogP contribution is -2.04. The molecule has 0 amide bonds. The number of hydrogen-bond donors (Lipinski definition) is 0. The Morgan fingerprint density at radius 3 is 2.93 bits per heavy atom. The van der Waals surface area contributed by atoms with E-state index in [1.807, 2.05) is 12.1 Å². The van der Waals surface area contributed by atoms with Gasteiger partial charge in [-0.25, -0.2) is 0 Å². The van der Waals surface area contributed by atoms with Gasteiger partial charge < -0.3 is 4.74 Å². The monoisotopic (exact) mass is 200 g/mol. The van der Waals surface area contributed by atoms with Crippen LogP contribution in [0.4, 0.5) is 0 Å². The minimum Gasteiger partial charge on any atom is -0.469 e. The van der Waals surface area contributed by atoms with E-state index >= 15 is 0 Å². The van der Waals surface area contributed by atoms with Gasteiger partial charge in [-0.3, -0.25) is 4.79 Å². The molecular formula is C13H12O2. The van der Waals surface area contributed by atoms with Crippen LogP contribution in [0.25, 0.3) is 6.08 Å². The summed E-state index contributed by atoms with van der Waals surface area (Å²) in [5.74, 6) is 0.701. The Morgan fingerprint density at radius 1 is 1.33 bits per heavy atom. The van der Waals surface area contributed by atoms with Gasteiger partial charge in [-0.1, -0.05) is 36.4 Å². The van der Waals surface area contributed by atoms with Crippen LogP contribution in [0.3, 0.4) is 0 Å². The molecule has 1 fully saturated rings. The number of fused-ring (bicyclic) bond motifs is 3. The average molecular weight is 200 g/mol. The van der Waals surface area contributed by atoms with Crippen LogP contribution in [-0.4, -0.2) is 13.1 Å². The smallest absolute Gasteiger partial charge is 0.309 e. The molecule has 0 aromatic heterocycles. The molecule has 1 aromatic rings. The van der Waals surface area contributed by atoms with Crippen molar-refractivity contribution in [2.45, 2.75) is 5.92 Å². The zero-order valence-electron chi connectivity index (χ0n) is 8.51. The molecule has 3 rings (SSSR count). The predicted molar refractivity (Wildman–Crippen MR) is 57.2 cm³/mol. The van der Waals surface area contributed by atoms with Gasteiger partial charge >= 0.3 is 5.97 Å². The molecule has 2 aliphatic carbocycles. The van der Waals surface area contributed by atoms with Gasteiger partial charge in [0.25, 0.3) is 0 Å². The number of carbonyl (C=O) groups excluding carboxylic acids is 1. The molecular weight excluding hydrogens is 188 g/mol. The Labute approximate surface area is 88.6 Å². The third-order valence-electron chi connectivity index (χ3n) is 3.40. The van der Waals surface area contributed by atoms with Gasteiger partial charge in [0, 0.05) is 5.92 Å². The number of ether oxygens (including phenoxy) is 1. The van der Waals surface area contributed by atoms with Crippen molar-refractivity contribution >= 4 is 12.0 Å². The molecule has 1 saturated carbocycles. The van der Waals surface area contributed by atoms with E-state index in [4.69, 9.17) is 4.74 Å². The molecule has 0 heterocycles. The summed E-state index contributed by atoms with van der Waals surface area (Å²) < 4.78 is 4.81. The molecule has 15 heavy (non-hydrogen) atoms. The first-order chi connectivity index (χ1) is 7.33. The molecule has 2 aliphatic rings. The minimum absolute atomic E-state index is 0.0508. The second-order valence-electron chi connectivity index (χ2n) is 4.14. The first-order valence-electron chi connectivity index (χ1n) is 5.18. The van der Waals surface area contributed by atoms with Crippen molar-refractivity contribution in [2.75, 3.05) is 7.11 Å². The Hall–Kier alpha value is -1.57. The fraction of sp³-hybridized carbons (Fsp3) is 0.308. The number of benzene rings is 1. The van der Waals surface area contributed by atoms with Crippen molar-refractivity contribution in [3.8, 4) is 0 Å². The van der Waals surface area contributed by atoms with Crippen LogP contribution >= 0.6 is 0 Å². The maximum atomic E-state index is 11.5. The average Bonchev–Trinajstić information content (AvgIpc) is 3.02. The van der Waals surface area contributed by atoms with Crippen LogP contribution in [0.15, 0.2) is 30.3 Å². The maximum Gasteiger partial charge on any atom is 0.309 e. The van der Waals surface area contributed by atoms with E-state index in [0.29, 0.717) is 11.8 Å². The highest BCUT2D eigenvalue weighted by molar-refractivity contribution is 5.81. The zero-order chi connectivity index (χ0) is 10.4. The second-order valence-corrected chi connectivity index (χ2v) is 4.14. The van der Waals surface area contributed by atoms with Gasteiger partial charge in [-0.15, -0.1) is 0 Å². The predicted octanol–water partition coefficient (Wildman–Crippen LogP) is 2.22. The number of hydrogen-bond acceptors (Lipinski definition) is 2. The van der Waals surface area contributed by atoms with Crippen LogP contribution < -0.4 is 0 Å². The number of methoxy groups -OCH3 is 1. The van der Waals surface area contributed by atoms with Crippen LogP contribution in [0.5, 0.6) is 0 Å². The molecule has 0 aliphatic heterocycles. The Morgan fingerprint density at radius 2 is 2.13 bits per heavy atom. The van der Waals surface area contributed by atoms with Gasteiger partial charge in [0.05, 0.1) is 13.0 Å². The van der Waals surface area contributed by atoms with Crippen LogP contribution in [-0.2, 0) is 9.53 Å². The molecule has 2 nitrogen and oxygen atoms in total. The minimum atomic E-state index is -0.0775. The van der Waals surface area contributed by atoms with Crippen molar-refractivity contribution in [3.63, 3.8) is 0 Å². The number of allylic oxidation sites excluding steroid dienone is 1. The van der Waals surface area contributed by atoms with Crippen molar-refractivity contribution in [2.24, 2.45) is 11.8 Å². The highest BCUT2D eigenvalue weighted by atomic mass is 16.5. The second kappa shape index (κ2) is 2.96. The van der Waals surface area contributed by atoms with E-state index in [1.165, 1.54) is 18.2 Å². The molecule has 1 aromatic carbocycles. The molecule has 0 bridgehead atoms. The molecule has 0 radical (unpaired) electrons. The van der Waals surface area contributed by atoms with E-state index in [2.05, 4.69) is 24.3 Å². The number of rotatable bonds is 1. The van der Waals surface area contributed by atoms with Gasteiger partial charge in [-0.05, 0) is 17.0 Å². The van der Waals surface area contributed by atoms with Crippen molar-refractivity contribution < 1.29 is 9.53 Å². The fourth-order valence-corrected chi connectivity index (χ4v) is 2.60. The fourth-order valence-electron chi connectivity index (χ4n) is 2.60. The van der Waals surface area contributed by atoms with Crippen LogP contribution in [0.2, 0.25) is 0 Å². The lowest BCUT2D eigenvalue weighted by Gasteiger charge is -2.07. The van der Waals surface area contributed by atoms with Crippen molar-refractivity contribution in [3.05, 3.63) is 41.5 Å². The number of esters is 1. The van der Waals surface area contributed by atoms with E-state index in [1.54, 1.807) is 0 Å². The Kier molecular flexibility index (Phi) is 1.72. The summed E-state index contributed by atoms with van der Waals surface area (Å²) in [6, 6.07) is 8.26. The normalized spacial score (nSPS) is 30.3. The Balaban J connectivity index is 1.98. The maximum absolute atomic E-state index is 11.5. The van der Waals surface area contributed by atoms with Gasteiger partial charge in [0.15, 0.2) is 0 Å². The molecule has 76 valence electrons. The Bertz CT molecular complexity index is 448. The summed E-state index contributed by atoms with van der Waals surface area (Å²) in [7, 11) is 1.46. The molecule has 0 N–H and O–H groups in total. The van der Waals surface area contributed by atoms with Crippen LogP contribution in [0, 0.1) is 11.8 Å². The lowest BCUT2D eigenvalue weighted by molar-refractivity contribution is -0.142. The summed E-state index contributed by atoms with van der Waals surface area (Å²) in [5, 5.41) is 0. The van der Waals surface area contributed by atoms with Crippen LogP contribution in [0.1, 0.15) is 17.0 Å². The van der Waals surface area contributed by atoms with E-state index < -0.39 is 0 Å². The number of carbonyl (C=O) groups is 1. The van der Waals surface area contributed by atoms with E-state index in [-0.39, 0.29) is 11.9 Å². The third-order valence-corrected chi connectivity index (χ3v) is 3.40. The molecule has 2 heteroatoms. The van der Waals surface area contributed by atoms with Gasteiger partial charge in [0.1, 0.15) is 0 Å². The highest BCUT2D eigenvalue weighted by Crippen LogP contribution is 2.58. The largest absolute Gasteiger partial charge is 0.469 e. The first-order valence-corrected chi connectivity index (χ1v) is 5.18. The standard InChI is InChI=1S/C13H12O2/c1-15-13(14)12-10-7-6-8-4-2-3-5-9(8)11(10)12/h2-7,10-12H,1H3/t10-,11+,12+/m0/s1. The summed E-state index contributed by atoms with van der Waals surface area (Å²) in [6.45, 7) is 0. The lowest BCUT2D eigenvalue weighted by atomic mass is 9.97. The summed E-state index contributed by atoms with van der Waals surface area (Å²) in [5.41, 5.74) is 2.53. The molecule has 0 unspecified atom stereocenters. The van der Waals surface area contributed by atoms with E-state index in [0.717, 1.165) is 0 Å². The highest BCUT2D eigenvalue weighted by Gasteiger charge is 2.56. The van der Waals surface area contributed by atoms with E-state index in [9.17, 15) is 4.79 Å². The zero-order valence-corrected chi connectivity index (χ0v) is 8.51. The molecule has 3 atom stereocenters. The van der Waals surface area contributed by atoms with Gasteiger partial charge in [0.2, 0.25) is 0 Å². The quantitative estimate of drug-likeness (QED) is 0.650. The van der Waals surface area contributed by atoms with Gasteiger partial charge in [-0.2, -0.15) is 0 Å². The molecule has 0 spiro atoms. The first kappa shape index (κ1) is 8.72. The van der Waals surface area contributed by atoms with Crippen molar-refractivity contribution in [1.82, 2.24) is 0 Å². The SMILES string of the molecule is COC(=O)[C@@H]1[C@H]2C=Cc3ccccc3[C@H]21. The van der Waals surface area contributed by atoms with Crippen molar-refractivity contribution in [1.29, 1.82) is 0 Å².